The van der Waals surface area contributed by atoms with Crippen LogP contribution in [0.2, 0.25) is 0 Å². The quantitative estimate of drug-likeness (QED) is 0.896. The predicted molar refractivity (Wildman–Crippen MR) is 69.5 cm³/mol. The van der Waals surface area contributed by atoms with Crippen LogP contribution in [0.3, 0.4) is 0 Å². The van der Waals surface area contributed by atoms with Gasteiger partial charge in [0.1, 0.15) is 5.75 Å². The summed E-state index contributed by atoms with van der Waals surface area (Å²) >= 11 is 3.34. The highest BCUT2D eigenvalue weighted by Crippen LogP contribution is 2.23. The maximum absolute atomic E-state index is 13.0. The molecule has 0 aromatic heterocycles. The zero-order valence-electron chi connectivity index (χ0n) is 9.25. The van der Waals surface area contributed by atoms with Crippen molar-refractivity contribution in [2.75, 3.05) is 5.32 Å². The number of aromatic hydroxyl groups is 1. The van der Waals surface area contributed by atoms with E-state index in [0.29, 0.717) is 12.2 Å². The second-order valence-corrected chi connectivity index (χ2v) is 4.61. The van der Waals surface area contributed by atoms with Crippen LogP contribution in [0.5, 0.6) is 5.75 Å². The van der Waals surface area contributed by atoms with Crippen molar-refractivity contribution in [3.05, 3.63) is 58.1 Å². The molecule has 0 heterocycles. The smallest absolute Gasteiger partial charge is 0.160 e. The van der Waals surface area contributed by atoms with E-state index in [2.05, 4.69) is 21.2 Å². The Bertz CT molecular complexity index is 575. The molecule has 0 aliphatic heterocycles. The first-order chi connectivity index (χ1) is 8.56. The van der Waals surface area contributed by atoms with Crippen molar-refractivity contribution < 1.29 is 13.9 Å². The summed E-state index contributed by atoms with van der Waals surface area (Å²) in [6.45, 7) is 0.389. The van der Waals surface area contributed by atoms with E-state index in [-0.39, 0.29) is 5.75 Å². The van der Waals surface area contributed by atoms with Crippen LogP contribution in [-0.2, 0) is 6.54 Å². The second-order valence-electron chi connectivity index (χ2n) is 3.76. The molecule has 2 aromatic rings. The number of phenols is 1. The fourth-order valence-electron chi connectivity index (χ4n) is 1.50. The minimum atomic E-state index is -0.894. The van der Waals surface area contributed by atoms with E-state index in [4.69, 9.17) is 0 Å². The van der Waals surface area contributed by atoms with Crippen LogP contribution in [0.25, 0.3) is 0 Å². The minimum Gasteiger partial charge on any atom is -0.508 e. The lowest BCUT2D eigenvalue weighted by atomic mass is 10.2. The molecule has 5 heteroatoms. The molecule has 2 rings (SSSR count). The average molecular weight is 314 g/mol. The predicted octanol–water partition coefficient (Wildman–Crippen LogP) is 4.05. The molecule has 0 atom stereocenters. The standard InChI is InChI=1S/C13H10BrF2NO/c14-11-3-2-10(18)5-8(11)7-17-9-1-4-12(15)13(16)6-9/h1-6,17-18H,7H2. The van der Waals surface area contributed by atoms with Gasteiger partial charge < -0.3 is 10.4 Å². The highest BCUT2D eigenvalue weighted by atomic mass is 79.9. The van der Waals surface area contributed by atoms with Gasteiger partial charge in [0.2, 0.25) is 0 Å². The molecule has 2 aromatic carbocycles. The number of anilines is 1. The number of benzene rings is 2. The molecule has 2 nitrogen and oxygen atoms in total. The lowest BCUT2D eigenvalue weighted by Crippen LogP contribution is -2.01. The van der Waals surface area contributed by atoms with Gasteiger partial charge in [-0.3, -0.25) is 0 Å². The Balaban J connectivity index is 2.11. The number of rotatable bonds is 3. The zero-order chi connectivity index (χ0) is 13.1. The number of hydrogen-bond acceptors (Lipinski definition) is 2. The third kappa shape index (κ3) is 2.98. The van der Waals surface area contributed by atoms with Gasteiger partial charge in [0.15, 0.2) is 11.6 Å². The molecule has 0 spiro atoms. The molecular weight excluding hydrogens is 304 g/mol. The number of nitrogens with one attached hydrogen (secondary N) is 1. The first-order valence-electron chi connectivity index (χ1n) is 5.22. The number of halogens is 3. The molecular formula is C13H10BrF2NO. The Morgan fingerprint density at radius 3 is 2.56 bits per heavy atom. The normalized spacial score (nSPS) is 10.4. The van der Waals surface area contributed by atoms with Crippen molar-refractivity contribution in [1.29, 1.82) is 0 Å². The van der Waals surface area contributed by atoms with Crippen molar-refractivity contribution in [2.24, 2.45) is 0 Å². The molecule has 0 fully saturated rings. The molecule has 0 saturated heterocycles. The number of phenolic OH excluding ortho intramolecular Hbond substituents is 1. The van der Waals surface area contributed by atoms with Gasteiger partial charge in [-0.1, -0.05) is 15.9 Å². The summed E-state index contributed by atoms with van der Waals surface area (Å²) in [5, 5.41) is 12.3. The van der Waals surface area contributed by atoms with Gasteiger partial charge in [-0.25, -0.2) is 8.78 Å². The summed E-state index contributed by atoms with van der Waals surface area (Å²) < 4.78 is 26.5. The molecule has 18 heavy (non-hydrogen) atoms. The topological polar surface area (TPSA) is 32.3 Å². The Kier molecular flexibility index (Phi) is 3.81. The maximum Gasteiger partial charge on any atom is 0.160 e. The van der Waals surface area contributed by atoms with Crippen LogP contribution < -0.4 is 5.32 Å². The van der Waals surface area contributed by atoms with Gasteiger partial charge in [0, 0.05) is 22.8 Å². The van der Waals surface area contributed by atoms with Crippen LogP contribution >= 0.6 is 15.9 Å². The SMILES string of the molecule is Oc1ccc(Br)c(CNc2ccc(F)c(F)c2)c1. The third-order valence-electron chi connectivity index (χ3n) is 2.43. The molecule has 0 amide bonds. The zero-order valence-corrected chi connectivity index (χ0v) is 10.8. The lowest BCUT2D eigenvalue weighted by Gasteiger charge is -2.09. The minimum absolute atomic E-state index is 0.153. The van der Waals surface area contributed by atoms with Gasteiger partial charge in [0.25, 0.3) is 0 Å². The Hall–Kier alpha value is -1.62. The molecule has 94 valence electrons. The summed E-state index contributed by atoms with van der Waals surface area (Å²) in [6, 6.07) is 8.48. The molecule has 0 bridgehead atoms. The summed E-state index contributed by atoms with van der Waals surface area (Å²) in [5.74, 6) is -1.62. The van der Waals surface area contributed by atoms with Crippen LogP contribution in [0.1, 0.15) is 5.56 Å². The highest BCUT2D eigenvalue weighted by molar-refractivity contribution is 9.10. The van der Waals surface area contributed by atoms with E-state index in [0.717, 1.165) is 22.2 Å². The fraction of sp³-hybridized carbons (Fsp3) is 0.0769. The van der Waals surface area contributed by atoms with Gasteiger partial charge >= 0.3 is 0 Å². The van der Waals surface area contributed by atoms with Gasteiger partial charge in [-0.05, 0) is 35.9 Å². The van der Waals surface area contributed by atoms with Crippen molar-refractivity contribution in [2.45, 2.75) is 6.54 Å². The summed E-state index contributed by atoms with van der Waals surface area (Å²) in [4.78, 5) is 0. The van der Waals surface area contributed by atoms with E-state index in [1.807, 2.05) is 0 Å². The summed E-state index contributed by atoms with van der Waals surface area (Å²) in [5.41, 5.74) is 1.30. The Labute approximate surface area is 111 Å². The summed E-state index contributed by atoms with van der Waals surface area (Å²) in [7, 11) is 0. The van der Waals surface area contributed by atoms with Crippen molar-refractivity contribution in [3.8, 4) is 5.75 Å². The Morgan fingerprint density at radius 1 is 1.06 bits per heavy atom. The van der Waals surface area contributed by atoms with Crippen molar-refractivity contribution >= 4 is 21.6 Å². The molecule has 2 N–H and O–H groups in total. The molecule has 0 unspecified atom stereocenters. The largest absolute Gasteiger partial charge is 0.508 e. The monoisotopic (exact) mass is 313 g/mol. The number of hydrogen-bond donors (Lipinski definition) is 2. The first-order valence-corrected chi connectivity index (χ1v) is 6.02. The highest BCUT2D eigenvalue weighted by Gasteiger charge is 2.04. The molecule has 0 aliphatic rings. The van der Waals surface area contributed by atoms with Crippen LogP contribution in [0.15, 0.2) is 40.9 Å². The summed E-state index contributed by atoms with van der Waals surface area (Å²) in [6.07, 6.45) is 0. The second kappa shape index (κ2) is 5.35. The maximum atomic E-state index is 13.0. The molecule has 0 radical (unpaired) electrons. The van der Waals surface area contributed by atoms with E-state index in [9.17, 15) is 13.9 Å². The van der Waals surface area contributed by atoms with Crippen LogP contribution in [0, 0.1) is 11.6 Å². The van der Waals surface area contributed by atoms with E-state index >= 15 is 0 Å². The van der Waals surface area contributed by atoms with E-state index in [1.165, 1.54) is 6.07 Å². The van der Waals surface area contributed by atoms with Crippen molar-refractivity contribution in [1.82, 2.24) is 0 Å². The van der Waals surface area contributed by atoms with E-state index in [1.54, 1.807) is 18.2 Å². The van der Waals surface area contributed by atoms with Crippen LogP contribution in [0.4, 0.5) is 14.5 Å². The van der Waals surface area contributed by atoms with Crippen LogP contribution in [-0.4, -0.2) is 5.11 Å². The third-order valence-corrected chi connectivity index (χ3v) is 3.21. The Morgan fingerprint density at radius 2 is 1.83 bits per heavy atom. The fourth-order valence-corrected chi connectivity index (χ4v) is 1.89. The van der Waals surface area contributed by atoms with Gasteiger partial charge in [-0.15, -0.1) is 0 Å². The van der Waals surface area contributed by atoms with Gasteiger partial charge in [0.05, 0.1) is 0 Å². The van der Waals surface area contributed by atoms with Crippen molar-refractivity contribution in [3.63, 3.8) is 0 Å². The van der Waals surface area contributed by atoms with E-state index < -0.39 is 11.6 Å². The van der Waals surface area contributed by atoms with Gasteiger partial charge in [-0.2, -0.15) is 0 Å². The molecule has 0 saturated carbocycles. The first kappa shape index (κ1) is 12.8. The molecule has 0 aliphatic carbocycles. The lowest BCUT2D eigenvalue weighted by molar-refractivity contribution is 0.474. The average Bonchev–Trinajstić information content (AvgIpc) is 2.34.